The molecule has 0 spiro atoms. The summed E-state index contributed by atoms with van der Waals surface area (Å²) in [5.74, 6) is 1.59. The molecule has 0 aromatic heterocycles. The highest BCUT2D eigenvalue weighted by Gasteiger charge is 2.14. The summed E-state index contributed by atoms with van der Waals surface area (Å²) in [6.07, 6.45) is 2.69. The van der Waals surface area contributed by atoms with E-state index in [0.717, 1.165) is 43.2 Å². The van der Waals surface area contributed by atoms with Crippen LogP contribution in [-0.4, -0.2) is 25.9 Å². The Morgan fingerprint density at radius 2 is 1.85 bits per heavy atom. The topological polar surface area (TPSA) is 39.7 Å². The molecule has 1 aliphatic rings. The molecule has 1 aliphatic heterocycles. The van der Waals surface area contributed by atoms with Crippen molar-refractivity contribution in [2.45, 2.75) is 45.9 Å². The minimum absolute atomic E-state index is 0.360. The lowest BCUT2D eigenvalue weighted by Crippen LogP contribution is -2.25. The van der Waals surface area contributed by atoms with Crippen molar-refractivity contribution >= 4 is 0 Å². The van der Waals surface area contributed by atoms with Crippen LogP contribution in [-0.2, 0) is 17.9 Å². The van der Waals surface area contributed by atoms with Crippen molar-refractivity contribution < 1.29 is 14.2 Å². The average molecular weight is 355 g/mol. The van der Waals surface area contributed by atoms with Gasteiger partial charge >= 0.3 is 0 Å². The van der Waals surface area contributed by atoms with Crippen LogP contribution in [0.1, 0.15) is 36.5 Å². The molecule has 4 nitrogen and oxygen atoms in total. The molecule has 0 amide bonds. The molecule has 140 valence electrons. The Kier molecular flexibility index (Phi) is 6.92. The minimum atomic E-state index is 0.360. The Balaban J connectivity index is 1.57. The summed E-state index contributed by atoms with van der Waals surface area (Å²) in [4.78, 5) is 0. The molecule has 3 rings (SSSR count). The van der Waals surface area contributed by atoms with Crippen molar-refractivity contribution in [1.82, 2.24) is 5.32 Å². The zero-order chi connectivity index (χ0) is 18.2. The quantitative estimate of drug-likeness (QED) is 0.730. The molecule has 4 heteroatoms. The van der Waals surface area contributed by atoms with Gasteiger partial charge in [0.05, 0.1) is 12.7 Å². The summed E-state index contributed by atoms with van der Waals surface area (Å²) in [5.41, 5.74) is 3.60. The normalized spacial score (nSPS) is 16.6. The third-order valence-electron chi connectivity index (χ3n) is 4.55. The lowest BCUT2D eigenvalue weighted by Gasteiger charge is -2.15. The molecule has 0 bridgehead atoms. The van der Waals surface area contributed by atoms with Gasteiger partial charge in [-0.25, -0.2) is 0 Å². The van der Waals surface area contributed by atoms with Crippen molar-refractivity contribution in [3.63, 3.8) is 0 Å². The molecule has 0 radical (unpaired) electrons. The first-order valence-corrected chi connectivity index (χ1v) is 9.51. The second-order valence-corrected chi connectivity index (χ2v) is 6.75. The van der Waals surface area contributed by atoms with Gasteiger partial charge < -0.3 is 19.5 Å². The first-order valence-electron chi connectivity index (χ1n) is 9.51. The SMILES string of the molecule is CCOc1cc(CNCC2CCCO2)ccc1OCc1ccc(C)cc1. The number of hydrogen-bond donors (Lipinski definition) is 1. The predicted octanol–water partition coefficient (Wildman–Crippen LogP) is 4.24. The number of rotatable bonds is 9. The van der Waals surface area contributed by atoms with E-state index in [2.05, 4.69) is 48.6 Å². The van der Waals surface area contributed by atoms with Gasteiger partial charge in [-0.3, -0.25) is 0 Å². The highest BCUT2D eigenvalue weighted by Crippen LogP contribution is 2.29. The van der Waals surface area contributed by atoms with Crippen LogP contribution in [0.15, 0.2) is 42.5 Å². The first kappa shape index (κ1) is 18.7. The second kappa shape index (κ2) is 9.60. The van der Waals surface area contributed by atoms with Gasteiger partial charge in [-0.15, -0.1) is 0 Å². The summed E-state index contributed by atoms with van der Waals surface area (Å²) < 4.78 is 17.4. The van der Waals surface area contributed by atoms with Crippen molar-refractivity contribution in [1.29, 1.82) is 0 Å². The van der Waals surface area contributed by atoms with Crippen LogP contribution in [0.3, 0.4) is 0 Å². The van der Waals surface area contributed by atoms with Gasteiger partial charge in [-0.05, 0) is 49.9 Å². The molecule has 1 atom stereocenters. The molecule has 1 saturated heterocycles. The molecule has 26 heavy (non-hydrogen) atoms. The molecule has 1 heterocycles. The van der Waals surface area contributed by atoms with E-state index in [9.17, 15) is 0 Å². The lowest BCUT2D eigenvalue weighted by atomic mass is 10.1. The fraction of sp³-hybridized carbons (Fsp3) is 0.455. The summed E-state index contributed by atoms with van der Waals surface area (Å²) >= 11 is 0. The maximum atomic E-state index is 5.99. The molecule has 2 aromatic carbocycles. The number of benzene rings is 2. The van der Waals surface area contributed by atoms with Gasteiger partial charge in [-0.1, -0.05) is 35.9 Å². The maximum Gasteiger partial charge on any atom is 0.161 e. The van der Waals surface area contributed by atoms with Gasteiger partial charge in [0.25, 0.3) is 0 Å². The number of ether oxygens (including phenoxy) is 3. The number of nitrogens with one attached hydrogen (secondary N) is 1. The second-order valence-electron chi connectivity index (χ2n) is 6.75. The van der Waals surface area contributed by atoms with E-state index >= 15 is 0 Å². The van der Waals surface area contributed by atoms with E-state index in [1.165, 1.54) is 17.5 Å². The van der Waals surface area contributed by atoms with Crippen LogP contribution < -0.4 is 14.8 Å². The predicted molar refractivity (Wildman–Crippen MR) is 104 cm³/mol. The highest BCUT2D eigenvalue weighted by atomic mass is 16.5. The van der Waals surface area contributed by atoms with E-state index in [1.54, 1.807) is 0 Å². The minimum Gasteiger partial charge on any atom is -0.490 e. The van der Waals surface area contributed by atoms with Gasteiger partial charge in [0.2, 0.25) is 0 Å². The van der Waals surface area contributed by atoms with Crippen LogP contribution in [0.5, 0.6) is 11.5 Å². The van der Waals surface area contributed by atoms with E-state index in [0.29, 0.717) is 19.3 Å². The van der Waals surface area contributed by atoms with Crippen molar-refractivity contribution in [2.24, 2.45) is 0 Å². The Morgan fingerprint density at radius 3 is 2.58 bits per heavy atom. The van der Waals surface area contributed by atoms with Gasteiger partial charge in [0.15, 0.2) is 11.5 Å². The molecule has 1 unspecified atom stereocenters. The fourth-order valence-corrected chi connectivity index (χ4v) is 3.08. The Morgan fingerprint density at radius 1 is 1.04 bits per heavy atom. The Hall–Kier alpha value is -2.04. The molecular weight excluding hydrogens is 326 g/mol. The highest BCUT2D eigenvalue weighted by molar-refractivity contribution is 5.43. The maximum absolute atomic E-state index is 5.99. The summed E-state index contributed by atoms with van der Waals surface area (Å²) in [6.45, 7) is 7.84. The summed E-state index contributed by atoms with van der Waals surface area (Å²) in [7, 11) is 0. The summed E-state index contributed by atoms with van der Waals surface area (Å²) in [5, 5.41) is 3.47. The number of hydrogen-bond acceptors (Lipinski definition) is 4. The molecule has 1 N–H and O–H groups in total. The Labute approximate surface area is 156 Å². The zero-order valence-corrected chi connectivity index (χ0v) is 15.8. The fourth-order valence-electron chi connectivity index (χ4n) is 3.08. The Bertz CT molecular complexity index is 678. The van der Waals surface area contributed by atoms with E-state index in [1.807, 2.05) is 13.0 Å². The van der Waals surface area contributed by atoms with Gasteiger partial charge in [0, 0.05) is 19.7 Å². The van der Waals surface area contributed by atoms with Crippen molar-refractivity contribution in [3.05, 3.63) is 59.2 Å². The van der Waals surface area contributed by atoms with E-state index < -0.39 is 0 Å². The van der Waals surface area contributed by atoms with Crippen LogP contribution >= 0.6 is 0 Å². The van der Waals surface area contributed by atoms with Crippen LogP contribution in [0.4, 0.5) is 0 Å². The molecule has 2 aromatic rings. The van der Waals surface area contributed by atoms with Crippen molar-refractivity contribution in [2.75, 3.05) is 19.8 Å². The molecule has 0 aliphatic carbocycles. The molecular formula is C22H29NO3. The largest absolute Gasteiger partial charge is 0.490 e. The number of aryl methyl sites for hydroxylation is 1. The first-order chi connectivity index (χ1) is 12.7. The molecule has 0 saturated carbocycles. The van der Waals surface area contributed by atoms with E-state index in [4.69, 9.17) is 14.2 Å². The van der Waals surface area contributed by atoms with Gasteiger partial charge in [0.1, 0.15) is 6.61 Å². The van der Waals surface area contributed by atoms with Gasteiger partial charge in [-0.2, -0.15) is 0 Å². The van der Waals surface area contributed by atoms with Crippen LogP contribution in [0.25, 0.3) is 0 Å². The lowest BCUT2D eigenvalue weighted by molar-refractivity contribution is 0.110. The monoisotopic (exact) mass is 355 g/mol. The third-order valence-corrected chi connectivity index (χ3v) is 4.55. The standard InChI is InChI=1S/C22H29NO3/c1-3-24-22-13-19(14-23-15-20-5-4-12-25-20)10-11-21(22)26-16-18-8-6-17(2)7-9-18/h6-11,13,20,23H,3-5,12,14-16H2,1-2H3. The van der Waals surface area contributed by atoms with Crippen LogP contribution in [0, 0.1) is 6.92 Å². The third kappa shape index (κ3) is 5.48. The average Bonchev–Trinajstić information content (AvgIpc) is 3.16. The smallest absolute Gasteiger partial charge is 0.161 e. The van der Waals surface area contributed by atoms with Crippen molar-refractivity contribution in [3.8, 4) is 11.5 Å². The van der Waals surface area contributed by atoms with E-state index in [-0.39, 0.29) is 0 Å². The summed E-state index contributed by atoms with van der Waals surface area (Å²) in [6, 6.07) is 14.6. The van der Waals surface area contributed by atoms with Crippen LogP contribution in [0.2, 0.25) is 0 Å². The zero-order valence-electron chi connectivity index (χ0n) is 15.8. The molecule has 1 fully saturated rings.